The minimum Gasteiger partial charge on any atom is -0.456 e. The maximum absolute atomic E-state index is 6.58. The fourth-order valence-corrected chi connectivity index (χ4v) is 11.8. The zero-order chi connectivity index (χ0) is 40.2. The van der Waals surface area contributed by atoms with Crippen molar-refractivity contribution in [3.8, 4) is 27.9 Å². The van der Waals surface area contributed by atoms with Gasteiger partial charge in [0.2, 0.25) is 0 Å². The second-order valence-electron chi connectivity index (χ2n) is 18.6. The van der Waals surface area contributed by atoms with E-state index in [1.807, 2.05) is 11.3 Å². The highest BCUT2D eigenvalue weighted by atomic mass is 32.1. The van der Waals surface area contributed by atoms with E-state index >= 15 is 0 Å². The summed E-state index contributed by atoms with van der Waals surface area (Å²) in [6, 6.07) is 54.7. The summed E-state index contributed by atoms with van der Waals surface area (Å²) >= 11 is 1.87. The van der Waals surface area contributed by atoms with Crippen molar-refractivity contribution in [1.82, 2.24) is 4.57 Å². The molecule has 0 atom stereocenters. The van der Waals surface area contributed by atoms with Gasteiger partial charge in [-0.2, -0.15) is 0 Å². The third kappa shape index (κ3) is 4.67. The van der Waals surface area contributed by atoms with Crippen LogP contribution in [-0.2, 0) is 10.8 Å². The van der Waals surface area contributed by atoms with Gasteiger partial charge in [-0.25, -0.2) is 0 Å². The average molecular weight is 789 g/mol. The molecule has 11 aromatic rings. The number of thiophene rings is 1. The number of nitrogens with zero attached hydrogens (tertiary/aromatic N) is 1. The molecular weight excluding hydrogens is 747 g/mol. The van der Waals surface area contributed by atoms with Gasteiger partial charge in [0.05, 0.1) is 5.52 Å². The molecule has 0 unspecified atom stereocenters. The summed E-state index contributed by atoms with van der Waals surface area (Å²) in [5, 5.41) is 11.5. The van der Waals surface area contributed by atoms with Gasteiger partial charge in [-0.3, -0.25) is 0 Å². The van der Waals surface area contributed by atoms with Gasteiger partial charge in [0.1, 0.15) is 11.2 Å². The molecule has 60 heavy (non-hydrogen) atoms. The summed E-state index contributed by atoms with van der Waals surface area (Å²) in [6.07, 6.45) is 0. The highest BCUT2D eigenvalue weighted by Crippen LogP contribution is 2.51. The van der Waals surface area contributed by atoms with E-state index in [1.54, 1.807) is 0 Å². The molecule has 0 radical (unpaired) electrons. The van der Waals surface area contributed by atoms with Gasteiger partial charge in [-0.05, 0) is 92.8 Å². The van der Waals surface area contributed by atoms with Crippen LogP contribution in [0.2, 0.25) is 0 Å². The van der Waals surface area contributed by atoms with Gasteiger partial charge in [0.15, 0.2) is 7.28 Å². The number of furan rings is 1. The standard InChI is InChI=1S/C55H41BN2OS/c1-54(2,3)30-18-20-31(21-19-30)57-45-28-51-41(34-14-8-11-17-50(34)60-51)24-38(45)35-22-23-36-39-25-43-37(32-12-6-9-15-42(32)55(43,4)5)27-46(39)58-47-29-49-40(26-44(47)56-52(35)53(36)58)33-13-7-10-16-48(33)59-49/h6-29,56-57H,1-5H3. The molecule has 286 valence electrons. The van der Waals surface area contributed by atoms with Crippen molar-refractivity contribution in [2.75, 3.05) is 5.32 Å². The van der Waals surface area contributed by atoms with Crippen LogP contribution in [0.25, 0.3) is 91.9 Å². The number of hydrogen-bond donors (Lipinski definition) is 1. The minimum atomic E-state index is -0.0970. The van der Waals surface area contributed by atoms with Crippen molar-refractivity contribution in [3.63, 3.8) is 0 Å². The quantitative estimate of drug-likeness (QED) is 0.181. The van der Waals surface area contributed by atoms with Gasteiger partial charge >= 0.3 is 0 Å². The number of rotatable bonds is 3. The predicted molar refractivity (Wildman–Crippen MR) is 259 cm³/mol. The van der Waals surface area contributed by atoms with E-state index in [-0.39, 0.29) is 10.8 Å². The largest absolute Gasteiger partial charge is 0.456 e. The van der Waals surface area contributed by atoms with E-state index in [4.69, 9.17) is 4.42 Å². The lowest BCUT2D eigenvalue weighted by Gasteiger charge is -2.24. The number of fused-ring (bicyclic) bond motifs is 14. The van der Waals surface area contributed by atoms with Gasteiger partial charge in [-0.15, -0.1) is 11.3 Å². The molecule has 3 aromatic heterocycles. The molecule has 2 aliphatic rings. The van der Waals surface area contributed by atoms with Crippen molar-refractivity contribution < 1.29 is 4.42 Å². The number of anilines is 2. The smallest absolute Gasteiger partial charge is 0.198 e. The summed E-state index contributed by atoms with van der Waals surface area (Å²) in [4.78, 5) is 0. The number of aromatic nitrogens is 1. The molecule has 0 bridgehead atoms. The van der Waals surface area contributed by atoms with Gasteiger partial charge < -0.3 is 14.3 Å². The Morgan fingerprint density at radius 2 is 1.37 bits per heavy atom. The number of nitrogens with one attached hydrogen (secondary N) is 1. The van der Waals surface area contributed by atoms with E-state index in [1.165, 1.54) is 103 Å². The molecule has 13 rings (SSSR count). The lowest BCUT2D eigenvalue weighted by Crippen LogP contribution is -2.37. The van der Waals surface area contributed by atoms with Gasteiger partial charge in [0, 0.05) is 81.3 Å². The molecule has 0 fully saturated rings. The monoisotopic (exact) mass is 788 g/mol. The van der Waals surface area contributed by atoms with Crippen LogP contribution in [0.3, 0.4) is 0 Å². The molecule has 5 heteroatoms. The molecule has 0 amide bonds. The lowest BCUT2D eigenvalue weighted by atomic mass is 9.59. The van der Waals surface area contributed by atoms with Crippen molar-refractivity contribution in [3.05, 3.63) is 162 Å². The van der Waals surface area contributed by atoms with Crippen molar-refractivity contribution in [2.24, 2.45) is 0 Å². The lowest BCUT2D eigenvalue weighted by molar-refractivity contribution is 0.590. The summed E-state index contributed by atoms with van der Waals surface area (Å²) < 4.78 is 11.7. The highest BCUT2D eigenvalue weighted by Gasteiger charge is 2.37. The molecule has 1 N–H and O–H groups in total. The summed E-state index contributed by atoms with van der Waals surface area (Å²) in [5.41, 5.74) is 19.7. The minimum absolute atomic E-state index is 0.0834. The number of hydrogen-bond acceptors (Lipinski definition) is 3. The first-order valence-corrected chi connectivity index (χ1v) is 21.9. The van der Waals surface area contributed by atoms with Crippen LogP contribution in [0.15, 0.2) is 150 Å². The average Bonchev–Trinajstić information content (AvgIpc) is 3.96. The third-order valence-corrected chi connectivity index (χ3v) is 14.9. The van der Waals surface area contributed by atoms with E-state index < -0.39 is 0 Å². The molecule has 3 nitrogen and oxygen atoms in total. The Morgan fingerprint density at radius 3 is 2.22 bits per heavy atom. The van der Waals surface area contributed by atoms with Crippen LogP contribution < -0.4 is 16.2 Å². The number of para-hydroxylation sites is 1. The Bertz CT molecular complexity index is 3670. The summed E-state index contributed by atoms with van der Waals surface area (Å²) in [5.74, 6) is 0. The Balaban J connectivity index is 1.11. The molecule has 0 spiro atoms. The van der Waals surface area contributed by atoms with E-state index in [9.17, 15) is 0 Å². The van der Waals surface area contributed by atoms with E-state index in [0.717, 1.165) is 35.2 Å². The first-order chi connectivity index (χ1) is 29.1. The van der Waals surface area contributed by atoms with Crippen molar-refractivity contribution >= 4 is 105 Å². The topological polar surface area (TPSA) is 30.1 Å². The molecule has 0 saturated heterocycles. The van der Waals surface area contributed by atoms with Crippen LogP contribution >= 0.6 is 11.3 Å². The van der Waals surface area contributed by atoms with Crippen LogP contribution in [0, 0.1) is 0 Å². The van der Waals surface area contributed by atoms with Crippen LogP contribution in [0.4, 0.5) is 11.4 Å². The highest BCUT2D eigenvalue weighted by molar-refractivity contribution is 7.25. The van der Waals surface area contributed by atoms with E-state index in [2.05, 4.69) is 190 Å². The molecule has 8 aromatic carbocycles. The van der Waals surface area contributed by atoms with Crippen LogP contribution in [-0.4, -0.2) is 11.8 Å². The first-order valence-electron chi connectivity index (χ1n) is 21.1. The van der Waals surface area contributed by atoms with E-state index in [0.29, 0.717) is 0 Å². The maximum Gasteiger partial charge on any atom is 0.198 e. The fourth-order valence-electron chi connectivity index (χ4n) is 10.7. The van der Waals surface area contributed by atoms with Crippen LogP contribution in [0.1, 0.15) is 51.3 Å². The second kappa shape index (κ2) is 11.8. The Labute approximate surface area is 353 Å². The predicted octanol–water partition coefficient (Wildman–Crippen LogP) is 13.8. The molecule has 0 saturated carbocycles. The maximum atomic E-state index is 6.58. The Morgan fingerprint density at radius 1 is 0.583 bits per heavy atom. The van der Waals surface area contributed by atoms with Gasteiger partial charge in [0.25, 0.3) is 0 Å². The number of benzene rings is 8. The fraction of sp³-hybridized carbons (Fsp3) is 0.127. The van der Waals surface area contributed by atoms with Crippen molar-refractivity contribution in [1.29, 1.82) is 0 Å². The zero-order valence-corrected chi connectivity index (χ0v) is 35.1. The second-order valence-corrected chi connectivity index (χ2v) is 19.7. The molecule has 1 aliphatic heterocycles. The first kappa shape index (κ1) is 34.3. The Kier molecular flexibility index (Phi) is 6.75. The van der Waals surface area contributed by atoms with Crippen LogP contribution in [0.5, 0.6) is 0 Å². The normalized spacial score (nSPS) is 14.0. The summed E-state index contributed by atoms with van der Waals surface area (Å²) in [7, 11) is 0.809. The Hall–Kier alpha value is -6.56. The molecule has 1 aliphatic carbocycles. The molecular formula is C55H41BN2OS. The van der Waals surface area contributed by atoms with Gasteiger partial charge in [-0.1, -0.05) is 131 Å². The van der Waals surface area contributed by atoms with Crippen molar-refractivity contribution in [2.45, 2.75) is 45.4 Å². The SMILES string of the molecule is CC(C)(C)c1ccc(Nc2cc3sc4ccccc4c3cc2-c2ccc3c4cc5c(cc4n4c3c2Bc2cc3c(cc2-4)oc2ccccc23)-c2ccccc2C5(C)C)cc1. The third-order valence-electron chi connectivity index (χ3n) is 13.8. The zero-order valence-electron chi connectivity index (χ0n) is 34.3. The molecule has 4 heterocycles. The summed E-state index contributed by atoms with van der Waals surface area (Å²) in [6.45, 7) is 11.6.